The number of aromatic nitrogens is 3. The number of benzene rings is 2. The molecule has 5 rings (SSSR count). The monoisotopic (exact) mass is 489 g/mol. The molecule has 1 atom stereocenters. The van der Waals surface area contributed by atoms with Crippen molar-refractivity contribution in [2.75, 3.05) is 23.3 Å². The van der Waals surface area contributed by atoms with Crippen molar-refractivity contribution in [3.8, 4) is 0 Å². The Hall–Kier alpha value is -3.72. The number of aryl methyl sites for hydroxylation is 1. The summed E-state index contributed by atoms with van der Waals surface area (Å²) in [5.74, 6) is 0.900. The Balaban J connectivity index is 1.46. The number of hydrogen-bond acceptors (Lipinski definition) is 6. The standard InChI is InChI=1S/C26H27N5O3S/c1-18-8-10-23(11-9-18)35(33,34)31-14-12-24-25(27-17-28-26(24)31)30-13-4-6-21(16-30)20-5-3-7-22(15-20)29-19(2)32/h3,5,7-12,14-15,17,21H,4,6,13,16H2,1-2H3,(H,29,32). The van der Waals surface area contributed by atoms with E-state index in [4.69, 9.17) is 0 Å². The van der Waals surface area contributed by atoms with Crippen LogP contribution in [0.25, 0.3) is 11.0 Å². The third kappa shape index (κ3) is 4.51. The molecule has 35 heavy (non-hydrogen) atoms. The lowest BCUT2D eigenvalue weighted by molar-refractivity contribution is -0.114. The second kappa shape index (κ2) is 9.14. The summed E-state index contributed by atoms with van der Waals surface area (Å²) >= 11 is 0. The predicted molar refractivity (Wildman–Crippen MR) is 136 cm³/mol. The van der Waals surface area contributed by atoms with E-state index in [1.807, 2.05) is 25.1 Å². The summed E-state index contributed by atoms with van der Waals surface area (Å²) < 4.78 is 27.9. The Morgan fingerprint density at radius 2 is 1.89 bits per heavy atom. The Morgan fingerprint density at radius 3 is 2.66 bits per heavy atom. The second-order valence-electron chi connectivity index (χ2n) is 8.96. The van der Waals surface area contributed by atoms with Crippen LogP contribution in [0.4, 0.5) is 11.5 Å². The van der Waals surface area contributed by atoms with Crippen molar-refractivity contribution in [3.63, 3.8) is 0 Å². The van der Waals surface area contributed by atoms with Crippen LogP contribution >= 0.6 is 0 Å². The summed E-state index contributed by atoms with van der Waals surface area (Å²) in [4.78, 5) is 22.8. The molecule has 4 aromatic rings. The highest BCUT2D eigenvalue weighted by molar-refractivity contribution is 7.90. The molecule has 2 aromatic carbocycles. The Kier molecular flexibility index (Phi) is 6.02. The number of carbonyl (C=O) groups is 1. The molecule has 2 aromatic heterocycles. The topological polar surface area (TPSA) is 97.2 Å². The van der Waals surface area contributed by atoms with Gasteiger partial charge in [-0.05, 0) is 55.7 Å². The molecule has 1 aliphatic rings. The van der Waals surface area contributed by atoms with Gasteiger partial charge in [0.1, 0.15) is 12.1 Å². The average molecular weight is 490 g/mol. The first kappa shape index (κ1) is 23.0. The number of amides is 1. The van der Waals surface area contributed by atoms with E-state index in [1.54, 1.807) is 36.5 Å². The van der Waals surface area contributed by atoms with Crippen LogP contribution in [0.1, 0.15) is 36.8 Å². The van der Waals surface area contributed by atoms with Gasteiger partial charge in [-0.2, -0.15) is 0 Å². The predicted octanol–water partition coefficient (Wildman–Crippen LogP) is 4.32. The summed E-state index contributed by atoms with van der Waals surface area (Å²) in [5.41, 5.74) is 3.30. The fraction of sp³-hybridized carbons (Fsp3) is 0.269. The lowest BCUT2D eigenvalue weighted by atomic mass is 9.90. The molecule has 0 aliphatic carbocycles. The van der Waals surface area contributed by atoms with Gasteiger partial charge >= 0.3 is 0 Å². The van der Waals surface area contributed by atoms with E-state index in [0.717, 1.165) is 48.6 Å². The second-order valence-corrected chi connectivity index (χ2v) is 10.8. The molecule has 0 spiro atoms. The fourth-order valence-corrected chi connectivity index (χ4v) is 6.00. The van der Waals surface area contributed by atoms with Crippen LogP contribution in [-0.4, -0.2) is 41.4 Å². The van der Waals surface area contributed by atoms with E-state index < -0.39 is 10.0 Å². The van der Waals surface area contributed by atoms with Crippen LogP contribution in [0.15, 0.2) is 72.0 Å². The van der Waals surface area contributed by atoms with Crippen LogP contribution in [-0.2, 0) is 14.8 Å². The molecule has 1 aliphatic heterocycles. The Morgan fingerprint density at radius 1 is 1.09 bits per heavy atom. The average Bonchev–Trinajstić information content (AvgIpc) is 3.29. The highest BCUT2D eigenvalue weighted by Crippen LogP contribution is 2.34. The number of rotatable bonds is 5. The van der Waals surface area contributed by atoms with Gasteiger partial charge in [0.25, 0.3) is 10.0 Å². The summed E-state index contributed by atoms with van der Waals surface area (Å²) in [6, 6.07) is 16.5. The minimum atomic E-state index is -3.78. The van der Waals surface area contributed by atoms with Gasteiger partial charge < -0.3 is 10.2 Å². The molecule has 180 valence electrons. The maximum atomic E-state index is 13.3. The van der Waals surface area contributed by atoms with E-state index in [9.17, 15) is 13.2 Å². The number of hydrogen-bond donors (Lipinski definition) is 1. The lowest BCUT2D eigenvalue weighted by Gasteiger charge is -2.34. The van der Waals surface area contributed by atoms with Crippen molar-refractivity contribution >= 4 is 38.5 Å². The quantitative estimate of drug-likeness (QED) is 0.448. The lowest BCUT2D eigenvalue weighted by Crippen LogP contribution is -2.35. The molecule has 1 amide bonds. The number of anilines is 2. The number of fused-ring (bicyclic) bond motifs is 1. The maximum Gasteiger partial charge on any atom is 0.269 e. The SMILES string of the molecule is CC(=O)Nc1cccc(C2CCCN(c3ncnc4c3ccn4S(=O)(=O)c3ccc(C)cc3)C2)c1. The zero-order valence-electron chi connectivity index (χ0n) is 19.7. The molecule has 0 radical (unpaired) electrons. The van der Waals surface area contributed by atoms with E-state index >= 15 is 0 Å². The highest BCUT2D eigenvalue weighted by atomic mass is 32.2. The largest absolute Gasteiger partial charge is 0.355 e. The molecule has 1 N–H and O–H groups in total. The van der Waals surface area contributed by atoms with Crippen molar-refractivity contribution < 1.29 is 13.2 Å². The smallest absolute Gasteiger partial charge is 0.269 e. The van der Waals surface area contributed by atoms with Crippen molar-refractivity contribution in [3.05, 3.63) is 78.2 Å². The summed E-state index contributed by atoms with van der Waals surface area (Å²) in [5, 5.41) is 3.56. The van der Waals surface area contributed by atoms with Crippen LogP contribution in [0.5, 0.6) is 0 Å². The fourth-order valence-electron chi connectivity index (χ4n) is 4.70. The van der Waals surface area contributed by atoms with Crippen molar-refractivity contribution in [1.82, 2.24) is 13.9 Å². The van der Waals surface area contributed by atoms with Crippen LogP contribution in [0.2, 0.25) is 0 Å². The van der Waals surface area contributed by atoms with Crippen LogP contribution < -0.4 is 10.2 Å². The zero-order valence-corrected chi connectivity index (χ0v) is 20.5. The molecular weight excluding hydrogens is 462 g/mol. The molecule has 0 saturated carbocycles. The molecule has 1 fully saturated rings. The molecule has 1 saturated heterocycles. The van der Waals surface area contributed by atoms with E-state index in [0.29, 0.717) is 11.0 Å². The van der Waals surface area contributed by atoms with Crippen LogP contribution in [0, 0.1) is 6.92 Å². The van der Waals surface area contributed by atoms with Gasteiger partial charge in [0, 0.05) is 37.8 Å². The molecular formula is C26H27N5O3S. The van der Waals surface area contributed by atoms with Gasteiger partial charge in [-0.25, -0.2) is 22.4 Å². The van der Waals surface area contributed by atoms with E-state index in [2.05, 4.69) is 26.3 Å². The molecule has 1 unspecified atom stereocenters. The van der Waals surface area contributed by atoms with Crippen molar-refractivity contribution in [2.24, 2.45) is 0 Å². The summed E-state index contributed by atoms with van der Waals surface area (Å²) in [6.07, 6.45) is 4.98. The van der Waals surface area contributed by atoms with Crippen molar-refractivity contribution in [1.29, 1.82) is 0 Å². The number of nitrogens with one attached hydrogen (secondary N) is 1. The first-order valence-electron chi connectivity index (χ1n) is 11.6. The van der Waals surface area contributed by atoms with E-state index in [1.165, 1.54) is 17.2 Å². The number of piperidine rings is 1. The normalized spacial score (nSPS) is 16.4. The zero-order chi connectivity index (χ0) is 24.6. The maximum absolute atomic E-state index is 13.3. The first-order valence-corrected chi connectivity index (χ1v) is 13.0. The van der Waals surface area contributed by atoms with Crippen molar-refractivity contribution in [2.45, 2.75) is 37.5 Å². The molecule has 0 bridgehead atoms. The molecule has 8 nitrogen and oxygen atoms in total. The minimum Gasteiger partial charge on any atom is -0.355 e. The highest BCUT2D eigenvalue weighted by Gasteiger charge is 2.26. The third-order valence-corrected chi connectivity index (χ3v) is 8.08. The van der Waals surface area contributed by atoms with E-state index in [-0.39, 0.29) is 16.7 Å². The first-order chi connectivity index (χ1) is 16.8. The number of carbonyl (C=O) groups excluding carboxylic acids is 1. The van der Waals surface area contributed by atoms with Gasteiger partial charge in [0.05, 0.1) is 10.3 Å². The minimum absolute atomic E-state index is 0.0964. The molecule has 9 heteroatoms. The Labute approximate surface area is 204 Å². The summed E-state index contributed by atoms with van der Waals surface area (Å²) in [7, 11) is -3.78. The third-order valence-electron chi connectivity index (χ3n) is 6.40. The molecule has 3 heterocycles. The van der Waals surface area contributed by atoms with Crippen LogP contribution in [0.3, 0.4) is 0 Å². The number of nitrogens with zero attached hydrogens (tertiary/aromatic N) is 4. The summed E-state index contributed by atoms with van der Waals surface area (Å²) in [6.45, 7) is 4.99. The van der Waals surface area contributed by atoms with Gasteiger partial charge in [0.2, 0.25) is 5.91 Å². The van der Waals surface area contributed by atoms with Gasteiger partial charge in [-0.1, -0.05) is 29.8 Å². The van der Waals surface area contributed by atoms with Gasteiger partial charge in [0.15, 0.2) is 5.65 Å². The Bertz CT molecular complexity index is 1500. The van der Waals surface area contributed by atoms with Gasteiger partial charge in [-0.3, -0.25) is 4.79 Å². The van der Waals surface area contributed by atoms with Gasteiger partial charge in [-0.15, -0.1) is 0 Å².